The minimum Gasteiger partial charge on any atom is -0.508 e. The van der Waals surface area contributed by atoms with Gasteiger partial charge in [-0.3, -0.25) is 14.5 Å². The summed E-state index contributed by atoms with van der Waals surface area (Å²) in [5, 5.41) is 22.5. The first-order chi connectivity index (χ1) is 13.3. The number of amides is 2. The highest BCUT2D eigenvalue weighted by molar-refractivity contribution is 8.26. The Labute approximate surface area is 175 Å². The molecule has 144 valence electrons. The lowest BCUT2D eigenvalue weighted by Gasteiger charge is -2.14. The molecule has 2 amide bonds. The Morgan fingerprint density at radius 3 is 2.61 bits per heavy atom. The standard InChI is InChI=1S/C19H15ClN2O4S2/c20-12-2-4-13(5-3-12)21-17(25)7-8-22-18(26)16(28-19(22)27)9-11-1-6-14(23)10-15(11)24/h1-6,9-10,23-24H,7-8H2,(H,21,25)/b16-9-. The van der Waals surface area contributed by atoms with Gasteiger partial charge in [0.05, 0.1) is 4.91 Å². The molecule has 1 heterocycles. The minimum absolute atomic E-state index is 0.0751. The van der Waals surface area contributed by atoms with Crippen LogP contribution in [0.4, 0.5) is 5.69 Å². The molecule has 0 radical (unpaired) electrons. The summed E-state index contributed by atoms with van der Waals surface area (Å²) in [4.78, 5) is 26.4. The molecule has 28 heavy (non-hydrogen) atoms. The molecule has 1 aliphatic heterocycles. The summed E-state index contributed by atoms with van der Waals surface area (Å²) in [5.41, 5.74) is 1.00. The smallest absolute Gasteiger partial charge is 0.266 e. The molecule has 0 aliphatic carbocycles. The largest absolute Gasteiger partial charge is 0.508 e. The summed E-state index contributed by atoms with van der Waals surface area (Å²) in [5.74, 6) is -0.806. The Morgan fingerprint density at radius 1 is 1.21 bits per heavy atom. The van der Waals surface area contributed by atoms with Gasteiger partial charge in [0, 0.05) is 35.3 Å². The van der Waals surface area contributed by atoms with Gasteiger partial charge in [-0.1, -0.05) is 35.6 Å². The molecule has 2 aromatic rings. The van der Waals surface area contributed by atoms with Crippen molar-refractivity contribution in [1.82, 2.24) is 4.90 Å². The van der Waals surface area contributed by atoms with Gasteiger partial charge in [-0.2, -0.15) is 0 Å². The number of rotatable bonds is 5. The van der Waals surface area contributed by atoms with Crippen molar-refractivity contribution in [3.8, 4) is 11.5 Å². The maximum Gasteiger partial charge on any atom is 0.266 e. The highest BCUT2D eigenvalue weighted by atomic mass is 35.5. The first-order valence-electron chi connectivity index (χ1n) is 8.16. The van der Waals surface area contributed by atoms with Gasteiger partial charge in [0.1, 0.15) is 15.8 Å². The van der Waals surface area contributed by atoms with E-state index >= 15 is 0 Å². The number of benzene rings is 2. The zero-order valence-corrected chi connectivity index (χ0v) is 16.8. The van der Waals surface area contributed by atoms with Crippen molar-refractivity contribution in [2.75, 3.05) is 11.9 Å². The van der Waals surface area contributed by atoms with Crippen molar-refractivity contribution >= 4 is 63.5 Å². The zero-order chi connectivity index (χ0) is 20.3. The van der Waals surface area contributed by atoms with E-state index in [2.05, 4.69) is 5.32 Å². The van der Waals surface area contributed by atoms with Crippen molar-refractivity contribution in [3.05, 3.63) is 58.0 Å². The van der Waals surface area contributed by atoms with E-state index in [1.807, 2.05) is 0 Å². The fourth-order valence-corrected chi connectivity index (χ4v) is 3.88. The van der Waals surface area contributed by atoms with Gasteiger partial charge in [0.2, 0.25) is 5.91 Å². The van der Waals surface area contributed by atoms with Crippen LogP contribution in [-0.4, -0.2) is 37.8 Å². The highest BCUT2D eigenvalue weighted by Gasteiger charge is 2.32. The van der Waals surface area contributed by atoms with Crippen LogP contribution in [0.3, 0.4) is 0 Å². The summed E-state index contributed by atoms with van der Waals surface area (Å²) < 4.78 is 0.341. The van der Waals surface area contributed by atoms with E-state index in [9.17, 15) is 19.8 Å². The lowest BCUT2D eigenvalue weighted by atomic mass is 10.1. The number of phenols is 2. The average molecular weight is 435 g/mol. The summed E-state index contributed by atoms with van der Waals surface area (Å²) in [7, 11) is 0. The second kappa shape index (κ2) is 8.64. The maximum atomic E-state index is 12.6. The van der Waals surface area contributed by atoms with Crippen LogP contribution in [0.1, 0.15) is 12.0 Å². The fourth-order valence-electron chi connectivity index (χ4n) is 2.46. The predicted octanol–water partition coefficient (Wildman–Crippen LogP) is 3.98. The van der Waals surface area contributed by atoms with Gasteiger partial charge < -0.3 is 15.5 Å². The lowest BCUT2D eigenvalue weighted by molar-refractivity contribution is -0.122. The van der Waals surface area contributed by atoms with Crippen molar-refractivity contribution in [3.63, 3.8) is 0 Å². The Hall–Kier alpha value is -2.55. The summed E-state index contributed by atoms with van der Waals surface area (Å²) in [6.07, 6.45) is 1.58. The number of phenolic OH excluding ortho intramolecular Hbond substituents is 2. The number of anilines is 1. The third-order valence-corrected chi connectivity index (χ3v) is 5.49. The summed E-state index contributed by atoms with van der Waals surface area (Å²) in [6, 6.07) is 10.8. The number of carbonyl (C=O) groups excluding carboxylic acids is 2. The van der Waals surface area contributed by atoms with E-state index in [1.165, 1.54) is 29.2 Å². The zero-order valence-electron chi connectivity index (χ0n) is 14.4. The quantitative estimate of drug-likeness (QED) is 0.487. The first-order valence-corrected chi connectivity index (χ1v) is 9.76. The normalized spacial score (nSPS) is 15.3. The number of nitrogens with one attached hydrogen (secondary N) is 1. The van der Waals surface area contributed by atoms with Crippen LogP contribution in [0.25, 0.3) is 6.08 Å². The average Bonchev–Trinajstić information content (AvgIpc) is 2.91. The van der Waals surface area contributed by atoms with Crippen molar-refractivity contribution < 1.29 is 19.8 Å². The molecular formula is C19H15ClN2O4S2. The Bertz CT molecular complexity index is 976. The van der Waals surface area contributed by atoms with E-state index in [1.54, 1.807) is 24.3 Å². The van der Waals surface area contributed by atoms with Gasteiger partial charge in [-0.05, 0) is 42.5 Å². The van der Waals surface area contributed by atoms with Crippen LogP contribution < -0.4 is 5.32 Å². The van der Waals surface area contributed by atoms with Crippen LogP contribution in [0, 0.1) is 0 Å². The second-order valence-corrected chi connectivity index (χ2v) is 7.99. The first kappa shape index (κ1) is 20.2. The van der Waals surface area contributed by atoms with E-state index in [-0.39, 0.29) is 36.3 Å². The molecule has 1 saturated heterocycles. The number of nitrogens with zero attached hydrogens (tertiary/aromatic N) is 1. The van der Waals surface area contributed by atoms with Gasteiger partial charge >= 0.3 is 0 Å². The molecule has 0 saturated carbocycles. The molecule has 3 rings (SSSR count). The van der Waals surface area contributed by atoms with Crippen LogP contribution in [-0.2, 0) is 9.59 Å². The predicted molar refractivity (Wildman–Crippen MR) is 114 cm³/mol. The third-order valence-electron chi connectivity index (χ3n) is 3.86. The maximum absolute atomic E-state index is 12.6. The molecule has 1 aliphatic rings. The summed E-state index contributed by atoms with van der Waals surface area (Å²) in [6.45, 7) is 0.142. The van der Waals surface area contributed by atoms with Gasteiger partial charge in [0.15, 0.2) is 0 Å². The molecule has 3 N–H and O–H groups in total. The Balaban J connectivity index is 1.62. The van der Waals surface area contributed by atoms with E-state index in [4.69, 9.17) is 23.8 Å². The van der Waals surface area contributed by atoms with Gasteiger partial charge in [-0.15, -0.1) is 0 Å². The van der Waals surface area contributed by atoms with Crippen molar-refractivity contribution in [1.29, 1.82) is 0 Å². The number of hydrogen-bond donors (Lipinski definition) is 3. The number of thioether (sulfide) groups is 1. The Kier molecular flexibility index (Phi) is 6.23. The fraction of sp³-hybridized carbons (Fsp3) is 0.105. The van der Waals surface area contributed by atoms with Crippen molar-refractivity contribution in [2.24, 2.45) is 0 Å². The molecule has 6 nitrogen and oxygen atoms in total. The number of hydrogen-bond acceptors (Lipinski definition) is 6. The highest BCUT2D eigenvalue weighted by Crippen LogP contribution is 2.34. The molecule has 1 fully saturated rings. The Morgan fingerprint density at radius 2 is 1.93 bits per heavy atom. The third kappa shape index (κ3) is 4.83. The molecule has 0 atom stereocenters. The van der Waals surface area contributed by atoms with Crippen molar-refractivity contribution in [2.45, 2.75) is 6.42 Å². The number of carbonyl (C=O) groups is 2. The van der Waals surface area contributed by atoms with E-state index < -0.39 is 0 Å². The molecule has 2 aromatic carbocycles. The lowest BCUT2D eigenvalue weighted by Crippen LogP contribution is -2.31. The molecule has 0 spiro atoms. The number of halogens is 1. The van der Waals surface area contributed by atoms with E-state index in [0.29, 0.717) is 25.5 Å². The van der Waals surface area contributed by atoms with Crippen LogP contribution in [0.2, 0.25) is 5.02 Å². The SMILES string of the molecule is O=C(CCN1C(=O)/C(=C/c2ccc(O)cc2O)SC1=S)Nc1ccc(Cl)cc1. The monoisotopic (exact) mass is 434 g/mol. The van der Waals surface area contributed by atoms with Crippen LogP contribution in [0.5, 0.6) is 11.5 Å². The van der Waals surface area contributed by atoms with Gasteiger partial charge in [0.25, 0.3) is 5.91 Å². The van der Waals surface area contributed by atoms with E-state index in [0.717, 1.165) is 11.8 Å². The number of thiocarbonyl (C=S) groups is 1. The number of aromatic hydroxyl groups is 2. The topological polar surface area (TPSA) is 89.9 Å². The molecule has 9 heteroatoms. The molecule has 0 unspecified atom stereocenters. The molecule has 0 aromatic heterocycles. The van der Waals surface area contributed by atoms with Crippen LogP contribution >= 0.6 is 35.6 Å². The van der Waals surface area contributed by atoms with Crippen LogP contribution in [0.15, 0.2) is 47.4 Å². The minimum atomic E-state index is -0.332. The second-order valence-electron chi connectivity index (χ2n) is 5.88. The molecule has 0 bridgehead atoms. The summed E-state index contributed by atoms with van der Waals surface area (Å²) >= 11 is 12.1. The van der Waals surface area contributed by atoms with Gasteiger partial charge in [-0.25, -0.2) is 0 Å². The molecular weight excluding hydrogens is 420 g/mol.